The van der Waals surface area contributed by atoms with Crippen molar-refractivity contribution < 1.29 is 44.8 Å². The van der Waals surface area contributed by atoms with Gasteiger partial charge in [-0.2, -0.15) is 28.1 Å². The Hall–Kier alpha value is -3.69. The van der Waals surface area contributed by atoms with Gasteiger partial charge in [-0.05, 0) is 18.6 Å². The lowest BCUT2D eigenvalue weighted by Crippen LogP contribution is -2.36. The fourth-order valence-corrected chi connectivity index (χ4v) is 3.67. The molecule has 0 spiro atoms. The van der Waals surface area contributed by atoms with Crippen LogP contribution in [0, 0.1) is 6.92 Å². The molecule has 1 aromatic heterocycles. The second-order valence-corrected chi connectivity index (χ2v) is 8.06. The number of rotatable bonds is 7. The van der Waals surface area contributed by atoms with Crippen LogP contribution in [0.25, 0.3) is 0 Å². The summed E-state index contributed by atoms with van der Waals surface area (Å²) in [7, 11) is -5.13. The van der Waals surface area contributed by atoms with E-state index < -0.39 is 64.3 Å². The van der Waals surface area contributed by atoms with Crippen molar-refractivity contribution in [3.05, 3.63) is 29.3 Å². The highest BCUT2D eigenvalue weighted by Crippen LogP contribution is 2.22. The van der Waals surface area contributed by atoms with E-state index in [1.807, 2.05) is 5.32 Å². The number of aryl methyl sites for hydroxylation is 1. The summed E-state index contributed by atoms with van der Waals surface area (Å²) in [6, 6.07) is 1.25. The standard InChI is InChI=1S/C17H19F3N6O6S/c1-9-6-5-7-10(12(27)31-4)11(9)33(29,30)25-15(28)22-13-21-14(26(2)3)24-16(23-13)32-8-17(18,19)20/h5-7H,8H2,1-4H3,(H2,21,22,23,24,25,28)/i4D3. The van der Waals surface area contributed by atoms with Crippen LogP contribution in [0.4, 0.5) is 29.9 Å². The van der Waals surface area contributed by atoms with E-state index in [2.05, 4.69) is 24.4 Å². The first-order chi connectivity index (χ1) is 16.4. The number of ether oxygens (including phenoxy) is 2. The number of hydrogen-bond donors (Lipinski definition) is 2. The van der Waals surface area contributed by atoms with Crippen LogP contribution in [-0.4, -0.2) is 69.3 Å². The van der Waals surface area contributed by atoms with Crippen LogP contribution in [0.2, 0.25) is 0 Å². The Bertz CT molecular complexity index is 1260. The number of urea groups is 1. The number of nitrogens with one attached hydrogen (secondary N) is 2. The number of amides is 2. The third kappa shape index (κ3) is 6.90. The molecule has 0 aliphatic heterocycles. The van der Waals surface area contributed by atoms with Gasteiger partial charge in [-0.1, -0.05) is 12.1 Å². The summed E-state index contributed by atoms with van der Waals surface area (Å²) in [6.45, 7) is -0.468. The van der Waals surface area contributed by atoms with Gasteiger partial charge >= 0.3 is 24.2 Å². The van der Waals surface area contributed by atoms with Crippen molar-refractivity contribution in [1.29, 1.82) is 0 Å². The number of benzene rings is 1. The highest BCUT2D eigenvalue weighted by molar-refractivity contribution is 7.90. The Labute approximate surface area is 190 Å². The summed E-state index contributed by atoms with van der Waals surface area (Å²) in [5, 5.41) is 1.92. The third-order valence-electron chi connectivity index (χ3n) is 3.61. The molecule has 0 radical (unpaired) electrons. The van der Waals surface area contributed by atoms with Crippen LogP contribution in [-0.2, 0) is 14.8 Å². The predicted molar refractivity (Wildman–Crippen MR) is 108 cm³/mol. The van der Waals surface area contributed by atoms with Gasteiger partial charge in [-0.3, -0.25) is 5.32 Å². The molecule has 0 saturated heterocycles. The van der Waals surface area contributed by atoms with Crippen molar-refractivity contribution in [2.24, 2.45) is 0 Å². The molecule has 1 heterocycles. The minimum atomic E-state index is -4.82. The van der Waals surface area contributed by atoms with E-state index in [1.54, 1.807) is 4.72 Å². The molecular formula is C17H19F3N6O6S. The zero-order chi connectivity index (χ0) is 27.5. The van der Waals surface area contributed by atoms with Crippen molar-refractivity contribution >= 4 is 33.9 Å². The second kappa shape index (κ2) is 9.85. The van der Waals surface area contributed by atoms with Gasteiger partial charge in [-0.15, -0.1) is 0 Å². The molecule has 0 atom stereocenters. The number of esters is 1. The summed E-state index contributed by atoms with van der Waals surface area (Å²) in [5.74, 6) is -2.38. The highest BCUT2D eigenvalue weighted by Gasteiger charge is 2.30. The Morgan fingerprint density at radius 3 is 2.52 bits per heavy atom. The first-order valence-electron chi connectivity index (χ1n) is 10.2. The van der Waals surface area contributed by atoms with Crippen molar-refractivity contribution in [3.63, 3.8) is 0 Å². The molecule has 2 N–H and O–H groups in total. The molecule has 12 nitrogen and oxygen atoms in total. The first-order valence-corrected chi connectivity index (χ1v) is 10.2. The van der Waals surface area contributed by atoms with Gasteiger partial charge in [-0.25, -0.2) is 22.7 Å². The van der Waals surface area contributed by atoms with Crippen molar-refractivity contribution in [2.45, 2.75) is 18.0 Å². The number of carbonyl (C=O) groups is 2. The van der Waals surface area contributed by atoms with Gasteiger partial charge in [0.1, 0.15) is 4.90 Å². The topological polar surface area (TPSA) is 153 Å². The van der Waals surface area contributed by atoms with E-state index in [9.17, 15) is 31.2 Å². The minimum Gasteiger partial charge on any atom is -0.465 e. The first kappa shape index (κ1) is 21.2. The lowest BCUT2D eigenvalue weighted by atomic mass is 10.1. The highest BCUT2D eigenvalue weighted by atomic mass is 32.2. The molecule has 180 valence electrons. The predicted octanol–water partition coefficient (Wildman–Crippen LogP) is 1.48. The van der Waals surface area contributed by atoms with Gasteiger partial charge in [0, 0.05) is 14.1 Å². The normalized spacial score (nSPS) is 13.2. The fourth-order valence-electron chi connectivity index (χ4n) is 2.34. The number of aromatic nitrogens is 3. The SMILES string of the molecule is [2H]C([2H])([2H])OC(=O)c1cccc(C)c1S(=O)(=O)NC(=O)Nc1nc(OCC(F)(F)F)nc(N(C)C)n1. The molecular weight excluding hydrogens is 473 g/mol. The van der Waals surface area contributed by atoms with E-state index >= 15 is 0 Å². The van der Waals surface area contributed by atoms with Crippen LogP contribution in [0.3, 0.4) is 0 Å². The smallest absolute Gasteiger partial charge is 0.422 e. The van der Waals surface area contributed by atoms with Crippen molar-refractivity contribution in [2.75, 3.05) is 38.0 Å². The summed E-state index contributed by atoms with van der Waals surface area (Å²) in [5.41, 5.74) is -0.697. The van der Waals surface area contributed by atoms with Crippen LogP contribution in [0.5, 0.6) is 6.01 Å². The van der Waals surface area contributed by atoms with Gasteiger partial charge < -0.3 is 14.4 Å². The molecule has 0 saturated carbocycles. The Morgan fingerprint density at radius 2 is 1.91 bits per heavy atom. The van der Waals surface area contributed by atoms with Gasteiger partial charge in [0.15, 0.2) is 6.61 Å². The molecule has 0 bridgehead atoms. The summed E-state index contributed by atoms with van der Waals surface area (Å²) in [6.07, 6.45) is -4.71. The second-order valence-electron chi connectivity index (χ2n) is 6.44. The average molecular weight is 495 g/mol. The molecule has 2 rings (SSSR count). The van der Waals surface area contributed by atoms with E-state index in [0.29, 0.717) is 0 Å². The minimum absolute atomic E-state index is 0.0341. The summed E-state index contributed by atoms with van der Waals surface area (Å²) >= 11 is 0. The quantitative estimate of drug-likeness (QED) is 0.540. The number of methoxy groups -OCH3 is 1. The molecule has 1 aromatic carbocycles. The van der Waals surface area contributed by atoms with Crippen LogP contribution < -0.4 is 19.7 Å². The molecule has 0 aliphatic carbocycles. The largest absolute Gasteiger partial charge is 0.465 e. The molecule has 0 fully saturated rings. The average Bonchev–Trinajstić information content (AvgIpc) is 2.69. The number of nitrogens with zero attached hydrogens (tertiary/aromatic N) is 4. The number of hydrogen-bond acceptors (Lipinski definition) is 10. The van der Waals surface area contributed by atoms with Crippen LogP contribution >= 0.6 is 0 Å². The maximum Gasteiger partial charge on any atom is 0.422 e. The van der Waals surface area contributed by atoms with E-state index in [4.69, 9.17) is 4.11 Å². The monoisotopic (exact) mass is 495 g/mol. The Kier molecular flexibility index (Phi) is 6.32. The molecule has 2 aromatic rings. The number of alkyl halides is 3. The fraction of sp³-hybridized carbons (Fsp3) is 0.353. The van der Waals surface area contributed by atoms with Crippen molar-refractivity contribution in [1.82, 2.24) is 19.7 Å². The maximum absolute atomic E-state index is 12.9. The third-order valence-corrected chi connectivity index (χ3v) is 5.15. The van der Waals surface area contributed by atoms with E-state index in [0.717, 1.165) is 6.07 Å². The van der Waals surface area contributed by atoms with Gasteiger partial charge in [0.05, 0.1) is 16.7 Å². The van der Waals surface area contributed by atoms with Crippen LogP contribution in [0.15, 0.2) is 23.1 Å². The molecule has 0 aliphatic rings. The van der Waals surface area contributed by atoms with Crippen molar-refractivity contribution in [3.8, 4) is 6.01 Å². The van der Waals surface area contributed by atoms with E-state index in [-0.39, 0.29) is 11.5 Å². The number of halogens is 3. The Morgan fingerprint density at radius 1 is 1.21 bits per heavy atom. The molecule has 16 heteroatoms. The number of carbonyl (C=O) groups excluding carboxylic acids is 2. The van der Waals surface area contributed by atoms with Gasteiger partial charge in [0.2, 0.25) is 11.9 Å². The zero-order valence-electron chi connectivity index (χ0n) is 20.2. The maximum atomic E-state index is 12.9. The molecule has 33 heavy (non-hydrogen) atoms. The Balaban J connectivity index is 2.32. The number of sulfonamides is 1. The molecule has 2 amide bonds. The summed E-state index contributed by atoms with van der Waals surface area (Å²) < 4.78 is 94.5. The summed E-state index contributed by atoms with van der Waals surface area (Å²) in [4.78, 5) is 36.0. The molecule has 0 unspecified atom stereocenters. The van der Waals surface area contributed by atoms with E-state index in [1.165, 1.54) is 38.1 Å². The lowest BCUT2D eigenvalue weighted by molar-refractivity contribution is -0.154. The zero-order valence-corrected chi connectivity index (χ0v) is 18.0. The number of anilines is 2. The van der Waals surface area contributed by atoms with Crippen LogP contribution in [0.1, 0.15) is 20.0 Å². The van der Waals surface area contributed by atoms with Gasteiger partial charge in [0.25, 0.3) is 10.0 Å². The lowest BCUT2D eigenvalue weighted by Gasteiger charge is -2.15.